The van der Waals surface area contributed by atoms with Gasteiger partial charge in [0, 0.05) is 12.3 Å². The highest BCUT2D eigenvalue weighted by atomic mass is 16.5. The Labute approximate surface area is 113 Å². The van der Waals surface area contributed by atoms with E-state index in [1.54, 1.807) is 0 Å². The van der Waals surface area contributed by atoms with Gasteiger partial charge in [0.05, 0.1) is 12.6 Å². The predicted octanol–water partition coefficient (Wildman–Crippen LogP) is 2.88. The zero-order valence-corrected chi connectivity index (χ0v) is 11.0. The smallest absolute Gasteiger partial charge is 0.225 e. The number of benzene rings is 1. The lowest BCUT2D eigenvalue weighted by molar-refractivity contribution is -0.146. The van der Waals surface area contributed by atoms with Crippen molar-refractivity contribution < 1.29 is 9.53 Å². The van der Waals surface area contributed by atoms with Crippen molar-refractivity contribution in [1.82, 2.24) is 4.90 Å². The lowest BCUT2D eigenvalue weighted by atomic mass is 9.82. The number of amides is 1. The van der Waals surface area contributed by atoms with Crippen LogP contribution in [0.1, 0.15) is 43.7 Å². The Hall–Kier alpha value is -1.35. The first kappa shape index (κ1) is 11.5. The predicted molar refractivity (Wildman–Crippen MR) is 71.3 cm³/mol. The van der Waals surface area contributed by atoms with Crippen molar-refractivity contribution in [3.63, 3.8) is 0 Å². The van der Waals surface area contributed by atoms with Crippen LogP contribution < -0.4 is 0 Å². The van der Waals surface area contributed by atoms with Gasteiger partial charge in [-0.2, -0.15) is 0 Å². The van der Waals surface area contributed by atoms with Crippen LogP contribution in [0.5, 0.6) is 0 Å². The van der Waals surface area contributed by atoms with Crippen LogP contribution >= 0.6 is 0 Å². The number of rotatable bonds is 1. The zero-order chi connectivity index (χ0) is 12.9. The van der Waals surface area contributed by atoms with E-state index in [4.69, 9.17) is 4.74 Å². The summed E-state index contributed by atoms with van der Waals surface area (Å²) in [5.74, 6) is 0.709. The van der Waals surface area contributed by atoms with Gasteiger partial charge in [0.15, 0.2) is 0 Å². The Morgan fingerprint density at radius 1 is 1.21 bits per heavy atom. The van der Waals surface area contributed by atoms with Gasteiger partial charge in [-0.3, -0.25) is 4.79 Å². The second-order valence-electron chi connectivity index (χ2n) is 5.99. The molecule has 1 aromatic rings. The van der Waals surface area contributed by atoms with E-state index in [1.165, 1.54) is 18.4 Å². The van der Waals surface area contributed by atoms with Gasteiger partial charge in [0.25, 0.3) is 0 Å². The molecule has 0 radical (unpaired) electrons. The van der Waals surface area contributed by atoms with Crippen LogP contribution in [0, 0.1) is 5.92 Å². The summed E-state index contributed by atoms with van der Waals surface area (Å²) >= 11 is 0. The minimum Gasteiger partial charge on any atom is -0.353 e. The molecular weight excluding hydrogens is 238 g/mol. The fourth-order valence-corrected chi connectivity index (χ4v) is 4.21. The second-order valence-corrected chi connectivity index (χ2v) is 5.99. The van der Waals surface area contributed by atoms with Gasteiger partial charge in [0.2, 0.25) is 5.91 Å². The normalized spacial score (nSPS) is 37.3. The van der Waals surface area contributed by atoms with E-state index >= 15 is 0 Å². The molecular formula is C16H19NO2. The van der Waals surface area contributed by atoms with Crippen LogP contribution in [0.15, 0.2) is 30.3 Å². The number of carbonyl (C=O) groups excluding carboxylic acids is 1. The van der Waals surface area contributed by atoms with Gasteiger partial charge < -0.3 is 9.64 Å². The largest absolute Gasteiger partial charge is 0.353 e. The summed E-state index contributed by atoms with van der Waals surface area (Å²) in [7, 11) is 0. The van der Waals surface area contributed by atoms with E-state index in [2.05, 4.69) is 17.0 Å². The highest BCUT2D eigenvalue weighted by molar-refractivity contribution is 5.81. The molecule has 4 rings (SSSR count). The molecule has 0 N–H and O–H groups in total. The summed E-state index contributed by atoms with van der Waals surface area (Å²) in [5, 5.41) is 0. The van der Waals surface area contributed by atoms with E-state index in [1.807, 2.05) is 18.2 Å². The SMILES string of the molecule is O=C1C[C@@H]2CCCC[C@]23OC[C@@H](c2ccccc2)N13. The molecule has 1 spiro atoms. The van der Waals surface area contributed by atoms with Crippen LogP contribution in [0.4, 0.5) is 0 Å². The van der Waals surface area contributed by atoms with Gasteiger partial charge in [0.1, 0.15) is 5.72 Å². The van der Waals surface area contributed by atoms with Crippen molar-refractivity contribution in [1.29, 1.82) is 0 Å². The van der Waals surface area contributed by atoms with Crippen LogP contribution in [0.3, 0.4) is 0 Å². The standard InChI is InChI=1S/C16H19NO2/c18-15-10-13-8-4-5-9-16(13)17(15)14(11-19-16)12-6-2-1-3-7-12/h1-3,6-7,13-14H,4-5,8-11H2/t13-,14-,16-/m0/s1. The van der Waals surface area contributed by atoms with Gasteiger partial charge in [-0.15, -0.1) is 0 Å². The average molecular weight is 257 g/mol. The Balaban J connectivity index is 1.73. The van der Waals surface area contributed by atoms with Crippen LogP contribution in [0.2, 0.25) is 0 Å². The average Bonchev–Trinajstić information content (AvgIpc) is 2.95. The summed E-state index contributed by atoms with van der Waals surface area (Å²) in [6.07, 6.45) is 5.27. The van der Waals surface area contributed by atoms with Crippen molar-refractivity contribution in [2.24, 2.45) is 5.92 Å². The molecule has 3 heteroatoms. The van der Waals surface area contributed by atoms with Crippen molar-refractivity contribution in [3.8, 4) is 0 Å². The third kappa shape index (κ3) is 1.51. The summed E-state index contributed by atoms with van der Waals surface area (Å²) in [4.78, 5) is 14.5. The molecule has 2 saturated heterocycles. The Kier molecular flexibility index (Phi) is 2.46. The molecule has 19 heavy (non-hydrogen) atoms. The first-order chi connectivity index (χ1) is 9.31. The van der Waals surface area contributed by atoms with Crippen molar-refractivity contribution >= 4 is 5.91 Å². The molecule has 3 aliphatic rings. The quantitative estimate of drug-likeness (QED) is 0.774. The van der Waals surface area contributed by atoms with E-state index in [-0.39, 0.29) is 11.8 Å². The minimum absolute atomic E-state index is 0.122. The van der Waals surface area contributed by atoms with E-state index in [0.29, 0.717) is 24.9 Å². The maximum Gasteiger partial charge on any atom is 0.225 e. The van der Waals surface area contributed by atoms with Gasteiger partial charge in [-0.05, 0) is 24.8 Å². The second kappa shape index (κ2) is 4.07. The third-order valence-corrected chi connectivity index (χ3v) is 5.06. The van der Waals surface area contributed by atoms with Crippen molar-refractivity contribution in [2.75, 3.05) is 6.61 Å². The van der Waals surface area contributed by atoms with Gasteiger partial charge in [-0.1, -0.05) is 36.8 Å². The minimum atomic E-state index is -0.268. The molecule has 100 valence electrons. The lowest BCUT2D eigenvalue weighted by Crippen LogP contribution is -2.47. The van der Waals surface area contributed by atoms with Gasteiger partial charge >= 0.3 is 0 Å². The van der Waals surface area contributed by atoms with E-state index in [9.17, 15) is 4.79 Å². The number of hydrogen-bond donors (Lipinski definition) is 0. The summed E-state index contributed by atoms with van der Waals surface area (Å²) in [6, 6.07) is 10.4. The number of carbonyl (C=O) groups is 1. The summed E-state index contributed by atoms with van der Waals surface area (Å²) in [6.45, 7) is 0.659. The Bertz CT molecular complexity index is 501. The first-order valence-corrected chi connectivity index (χ1v) is 7.32. The van der Waals surface area contributed by atoms with Crippen molar-refractivity contribution in [2.45, 2.75) is 43.9 Å². The molecule has 2 heterocycles. The fraction of sp³-hybridized carbons (Fsp3) is 0.562. The topological polar surface area (TPSA) is 29.5 Å². The van der Waals surface area contributed by atoms with Gasteiger partial charge in [-0.25, -0.2) is 0 Å². The third-order valence-electron chi connectivity index (χ3n) is 5.06. The Morgan fingerprint density at radius 3 is 2.89 bits per heavy atom. The molecule has 0 aromatic heterocycles. The zero-order valence-electron chi connectivity index (χ0n) is 11.0. The first-order valence-electron chi connectivity index (χ1n) is 7.32. The van der Waals surface area contributed by atoms with Crippen LogP contribution in [0.25, 0.3) is 0 Å². The van der Waals surface area contributed by atoms with E-state index < -0.39 is 0 Å². The molecule has 1 amide bonds. The molecule has 3 atom stereocenters. The maximum atomic E-state index is 12.4. The van der Waals surface area contributed by atoms with E-state index in [0.717, 1.165) is 12.8 Å². The summed E-state index contributed by atoms with van der Waals surface area (Å²) in [5.41, 5.74) is 0.939. The fourth-order valence-electron chi connectivity index (χ4n) is 4.21. The lowest BCUT2D eigenvalue weighted by Gasteiger charge is -2.40. The molecule has 0 bridgehead atoms. The molecule has 3 fully saturated rings. The highest BCUT2D eigenvalue weighted by Gasteiger charge is 2.60. The molecule has 1 aliphatic carbocycles. The van der Waals surface area contributed by atoms with Crippen LogP contribution in [-0.2, 0) is 9.53 Å². The number of nitrogens with zero attached hydrogens (tertiary/aromatic N) is 1. The maximum absolute atomic E-state index is 12.4. The van der Waals surface area contributed by atoms with Crippen molar-refractivity contribution in [3.05, 3.63) is 35.9 Å². The Morgan fingerprint density at radius 2 is 2.05 bits per heavy atom. The monoisotopic (exact) mass is 257 g/mol. The number of hydrogen-bond acceptors (Lipinski definition) is 2. The molecule has 1 aromatic carbocycles. The molecule has 1 saturated carbocycles. The molecule has 2 aliphatic heterocycles. The summed E-state index contributed by atoms with van der Waals surface area (Å²) < 4.78 is 6.21. The molecule has 3 nitrogen and oxygen atoms in total. The number of ether oxygens (including phenoxy) is 1. The molecule has 0 unspecified atom stereocenters. The van der Waals surface area contributed by atoms with Crippen LogP contribution in [-0.4, -0.2) is 23.1 Å². The highest BCUT2D eigenvalue weighted by Crippen LogP contribution is 2.53.